The van der Waals surface area contributed by atoms with Gasteiger partial charge in [-0.25, -0.2) is 0 Å². The normalized spacial score (nSPS) is 9.90. The molecule has 0 radical (unpaired) electrons. The molecule has 4 heteroatoms. The molecule has 0 aliphatic heterocycles. The molecule has 0 unspecified atom stereocenters. The number of nitrogens with one attached hydrogen (secondary N) is 1. The lowest BCUT2D eigenvalue weighted by Crippen LogP contribution is -2.08. The molecule has 2 rings (SSSR count). The lowest BCUT2D eigenvalue weighted by Gasteiger charge is -2.13. The minimum atomic E-state index is 0.564. The number of anilines is 2. The lowest BCUT2D eigenvalue weighted by atomic mass is 10.2. The second-order valence-electron chi connectivity index (χ2n) is 4.72. The van der Waals surface area contributed by atoms with Crippen LogP contribution in [-0.2, 0) is 6.54 Å². The zero-order valence-electron chi connectivity index (χ0n) is 11.5. The predicted molar refractivity (Wildman–Crippen MR) is 84.3 cm³/mol. The molecule has 0 aliphatic rings. The van der Waals surface area contributed by atoms with Crippen molar-refractivity contribution in [1.82, 2.24) is 0 Å². The van der Waals surface area contributed by atoms with Gasteiger partial charge in [-0.05, 0) is 35.9 Å². The fourth-order valence-electron chi connectivity index (χ4n) is 1.84. The molecule has 0 bridgehead atoms. The molecule has 0 saturated heterocycles. The summed E-state index contributed by atoms with van der Waals surface area (Å²) in [5, 5.41) is 12.6. The summed E-state index contributed by atoms with van der Waals surface area (Å²) in [6.45, 7) is 0.694. The van der Waals surface area contributed by atoms with Crippen LogP contribution in [0.3, 0.4) is 0 Å². The largest absolute Gasteiger partial charge is 0.380 e. The van der Waals surface area contributed by atoms with Crippen molar-refractivity contribution in [3.8, 4) is 6.07 Å². The first-order valence-electron chi connectivity index (χ1n) is 6.30. The highest BCUT2D eigenvalue weighted by atomic mass is 35.5. The van der Waals surface area contributed by atoms with Gasteiger partial charge in [-0.2, -0.15) is 5.26 Å². The first kappa shape index (κ1) is 14.2. The van der Waals surface area contributed by atoms with Crippen molar-refractivity contribution < 1.29 is 0 Å². The molecular formula is C16H16ClN3. The highest BCUT2D eigenvalue weighted by molar-refractivity contribution is 6.33. The molecule has 20 heavy (non-hydrogen) atoms. The molecule has 0 amide bonds. The Morgan fingerprint density at radius 3 is 2.40 bits per heavy atom. The van der Waals surface area contributed by atoms with Crippen LogP contribution in [0.25, 0.3) is 0 Å². The van der Waals surface area contributed by atoms with E-state index in [4.69, 9.17) is 16.9 Å². The Bertz CT molecular complexity index is 627. The number of hydrogen-bond acceptors (Lipinski definition) is 3. The third-order valence-corrected chi connectivity index (χ3v) is 3.35. The molecule has 0 saturated carbocycles. The molecule has 2 aromatic carbocycles. The van der Waals surface area contributed by atoms with Gasteiger partial charge < -0.3 is 10.2 Å². The van der Waals surface area contributed by atoms with Crippen molar-refractivity contribution >= 4 is 23.0 Å². The van der Waals surface area contributed by atoms with Crippen LogP contribution in [-0.4, -0.2) is 14.1 Å². The van der Waals surface area contributed by atoms with Gasteiger partial charge in [0.2, 0.25) is 0 Å². The molecule has 0 heterocycles. The zero-order chi connectivity index (χ0) is 14.5. The average Bonchev–Trinajstić information content (AvgIpc) is 2.46. The Hall–Kier alpha value is -2.18. The number of nitrogens with zero attached hydrogens (tertiary/aromatic N) is 2. The second kappa shape index (κ2) is 6.31. The lowest BCUT2D eigenvalue weighted by molar-refractivity contribution is 1.11. The van der Waals surface area contributed by atoms with E-state index in [1.165, 1.54) is 11.3 Å². The first-order valence-corrected chi connectivity index (χ1v) is 6.68. The highest BCUT2D eigenvalue weighted by Crippen LogP contribution is 2.23. The number of hydrogen-bond donors (Lipinski definition) is 1. The Kier molecular flexibility index (Phi) is 4.49. The standard InChI is InChI=1S/C16H16ClN3/c1-20(2)14-6-3-12(4-7-14)11-19-16-8-5-13(10-18)9-15(16)17/h3-9,19H,11H2,1-2H3. The van der Waals surface area contributed by atoms with Gasteiger partial charge in [-0.15, -0.1) is 0 Å². The van der Waals surface area contributed by atoms with Crippen LogP contribution in [0.5, 0.6) is 0 Å². The summed E-state index contributed by atoms with van der Waals surface area (Å²) in [6, 6.07) is 15.6. The fraction of sp³-hybridized carbons (Fsp3) is 0.188. The Morgan fingerprint density at radius 2 is 1.85 bits per heavy atom. The summed E-state index contributed by atoms with van der Waals surface area (Å²) in [7, 11) is 4.04. The van der Waals surface area contributed by atoms with Crippen molar-refractivity contribution in [2.24, 2.45) is 0 Å². The van der Waals surface area contributed by atoms with E-state index in [1.807, 2.05) is 20.2 Å². The smallest absolute Gasteiger partial charge is 0.0992 e. The average molecular weight is 286 g/mol. The van der Waals surface area contributed by atoms with E-state index in [0.29, 0.717) is 17.1 Å². The minimum Gasteiger partial charge on any atom is -0.380 e. The van der Waals surface area contributed by atoms with Gasteiger partial charge in [0, 0.05) is 26.3 Å². The zero-order valence-corrected chi connectivity index (χ0v) is 12.3. The van der Waals surface area contributed by atoms with Crippen LogP contribution in [0.4, 0.5) is 11.4 Å². The summed E-state index contributed by atoms with van der Waals surface area (Å²) in [6.07, 6.45) is 0. The van der Waals surface area contributed by atoms with Crippen LogP contribution < -0.4 is 10.2 Å². The maximum atomic E-state index is 8.80. The van der Waals surface area contributed by atoms with Crippen molar-refractivity contribution in [2.45, 2.75) is 6.54 Å². The van der Waals surface area contributed by atoms with Gasteiger partial charge in [0.15, 0.2) is 0 Å². The quantitative estimate of drug-likeness (QED) is 0.926. The van der Waals surface area contributed by atoms with E-state index in [2.05, 4.69) is 40.6 Å². The Balaban J connectivity index is 2.03. The molecule has 3 nitrogen and oxygen atoms in total. The third kappa shape index (κ3) is 3.43. The van der Waals surface area contributed by atoms with Crippen molar-refractivity contribution in [3.05, 3.63) is 58.6 Å². The number of nitriles is 1. The summed E-state index contributed by atoms with van der Waals surface area (Å²) >= 11 is 6.12. The van der Waals surface area contributed by atoms with E-state index in [1.54, 1.807) is 12.1 Å². The molecule has 0 spiro atoms. The maximum absolute atomic E-state index is 8.80. The van der Waals surface area contributed by atoms with Crippen LogP contribution in [0.2, 0.25) is 5.02 Å². The Morgan fingerprint density at radius 1 is 1.15 bits per heavy atom. The third-order valence-electron chi connectivity index (χ3n) is 3.03. The van der Waals surface area contributed by atoms with Crippen LogP contribution in [0, 0.1) is 11.3 Å². The van der Waals surface area contributed by atoms with Gasteiger partial charge in [0.25, 0.3) is 0 Å². The molecule has 102 valence electrons. The molecule has 0 atom stereocenters. The molecule has 0 aromatic heterocycles. The summed E-state index contributed by atoms with van der Waals surface area (Å²) in [5.41, 5.74) is 3.75. The van der Waals surface area contributed by atoms with Gasteiger partial charge in [-0.1, -0.05) is 23.7 Å². The van der Waals surface area contributed by atoms with E-state index in [-0.39, 0.29) is 0 Å². The van der Waals surface area contributed by atoms with Gasteiger partial charge in [0.05, 0.1) is 22.3 Å². The first-order chi connectivity index (χ1) is 9.60. The minimum absolute atomic E-state index is 0.564. The summed E-state index contributed by atoms with van der Waals surface area (Å²) in [4.78, 5) is 2.06. The van der Waals surface area contributed by atoms with Crippen molar-refractivity contribution in [2.75, 3.05) is 24.3 Å². The van der Waals surface area contributed by atoms with E-state index >= 15 is 0 Å². The number of benzene rings is 2. The number of rotatable bonds is 4. The van der Waals surface area contributed by atoms with Crippen molar-refractivity contribution in [3.63, 3.8) is 0 Å². The van der Waals surface area contributed by atoms with E-state index in [0.717, 1.165) is 5.69 Å². The molecule has 0 aliphatic carbocycles. The molecule has 2 aromatic rings. The van der Waals surface area contributed by atoms with Gasteiger partial charge in [0.1, 0.15) is 0 Å². The van der Waals surface area contributed by atoms with Crippen molar-refractivity contribution in [1.29, 1.82) is 5.26 Å². The SMILES string of the molecule is CN(C)c1ccc(CNc2ccc(C#N)cc2Cl)cc1. The topological polar surface area (TPSA) is 39.1 Å². The number of halogens is 1. The molecule has 1 N–H and O–H groups in total. The summed E-state index contributed by atoms with van der Waals surface area (Å²) in [5.74, 6) is 0. The molecule has 0 fully saturated rings. The summed E-state index contributed by atoms with van der Waals surface area (Å²) < 4.78 is 0. The van der Waals surface area contributed by atoms with E-state index in [9.17, 15) is 0 Å². The van der Waals surface area contributed by atoms with Crippen LogP contribution in [0.1, 0.15) is 11.1 Å². The monoisotopic (exact) mass is 285 g/mol. The second-order valence-corrected chi connectivity index (χ2v) is 5.13. The van der Waals surface area contributed by atoms with Gasteiger partial charge >= 0.3 is 0 Å². The molecular weight excluding hydrogens is 270 g/mol. The van der Waals surface area contributed by atoms with E-state index < -0.39 is 0 Å². The Labute approximate surface area is 124 Å². The van der Waals surface area contributed by atoms with Crippen LogP contribution >= 0.6 is 11.6 Å². The highest BCUT2D eigenvalue weighted by Gasteiger charge is 2.02. The van der Waals surface area contributed by atoms with Crippen LogP contribution in [0.15, 0.2) is 42.5 Å². The van der Waals surface area contributed by atoms with Gasteiger partial charge in [-0.3, -0.25) is 0 Å². The maximum Gasteiger partial charge on any atom is 0.0992 e. The fourth-order valence-corrected chi connectivity index (χ4v) is 2.08. The predicted octanol–water partition coefficient (Wildman–Crippen LogP) is 3.89.